The van der Waals surface area contributed by atoms with Crippen LogP contribution in [0.25, 0.3) is 0 Å². The highest BCUT2D eigenvalue weighted by Crippen LogP contribution is 2.26. The third-order valence-electron chi connectivity index (χ3n) is 2.00. The van der Waals surface area contributed by atoms with Crippen LogP contribution in [0.2, 0.25) is 0 Å². The first-order chi connectivity index (χ1) is 7.65. The zero-order valence-corrected chi connectivity index (χ0v) is 10.5. The van der Waals surface area contributed by atoms with Gasteiger partial charge in [0.05, 0.1) is 4.92 Å². The molecule has 0 bridgehead atoms. The molecule has 1 rings (SSSR count). The fourth-order valence-electron chi connectivity index (χ4n) is 1.20. The van der Waals surface area contributed by atoms with Gasteiger partial charge in [0.15, 0.2) is 0 Å². The van der Waals surface area contributed by atoms with E-state index in [9.17, 15) is 10.1 Å². The number of nitrogens with zero attached hydrogens (tertiary/aromatic N) is 1. The molecule has 0 radical (unpaired) electrons. The van der Waals surface area contributed by atoms with Gasteiger partial charge in [-0.25, -0.2) is 0 Å². The molecule has 0 saturated carbocycles. The van der Waals surface area contributed by atoms with Crippen molar-refractivity contribution in [3.05, 3.63) is 32.8 Å². The summed E-state index contributed by atoms with van der Waals surface area (Å²) < 4.78 is 5.61. The van der Waals surface area contributed by atoms with Crippen LogP contribution in [0, 0.1) is 10.1 Å². The van der Waals surface area contributed by atoms with Gasteiger partial charge in [0, 0.05) is 42.6 Å². The van der Waals surface area contributed by atoms with E-state index in [0.29, 0.717) is 11.1 Å². The van der Waals surface area contributed by atoms with E-state index in [1.807, 2.05) is 0 Å². The standard InChI is InChI=1S/C10H13BrN2O3/c1-16-6-2-5-12-10-4-3-8(13(14)15)7-9(10)11/h3-4,7,12H,2,5-6H2,1H3. The predicted octanol–water partition coefficient (Wildman–Crippen LogP) is 2.81. The molecule has 0 aliphatic rings. The molecular weight excluding hydrogens is 276 g/mol. The topological polar surface area (TPSA) is 64.4 Å². The van der Waals surface area contributed by atoms with Crippen molar-refractivity contribution in [1.82, 2.24) is 0 Å². The van der Waals surface area contributed by atoms with Gasteiger partial charge < -0.3 is 10.1 Å². The normalized spacial score (nSPS) is 10.1. The number of halogens is 1. The summed E-state index contributed by atoms with van der Waals surface area (Å²) in [5.74, 6) is 0. The molecule has 88 valence electrons. The summed E-state index contributed by atoms with van der Waals surface area (Å²) in [4.78, 5) is 10.1. The zero-order chi connectivity index (χ0) is 12.0. The lowest BCUT2D eigenvalue weighted by atomic mass is 10.3. The maximum absolute atomic E-state index is 10.5. The van der Waals surface area contributed by atoms with Gasteiger partial charge in [-0.3, -0.25) is 10.1 Å². The number of hydrogen-bond donors (Lipinski definition) is 1. The molecule has 1 N–H and O–H groups in total. The molecule has 16 heavy (non-hydrogen) atoms. The van der Waals surface area contributed by atoms with Gasteiger partial charge in [0.25, 0.3) is 5.69 Å². The molecule has 0 aliphatic carbocycles. The molecule has 0 saturated heterocycles. The molecular formula is C10H13BrN2O3. The molecule has 0 unspecified atom stereocenters. The van der Waals surface area contributed by atoms with Crippen molar-refractivity contribution in [1.29, 1.82) is 0 Å². The number of ether oxygens (including phenoxy) is 1. The number of methoxy groups -OCH3 is 1. The van der Waals surface area contributed by atoms with E-state index in [0.717, 1.165) is 18.7 Å². The fourth-order valence-corrected chi connectivity index (χ4v) is 1.71. The number of nitro groups is 1. The largest absolute Gasteiger partial charge is 0.385 e. The van der Waals surface area contributed by atoms with Crippen LogP contribution in [0.5, 0.6) is 0 Å². The minimum Gasteiger partial charge on any atom is -0.385 e. The lowest BCUT2D eigenvalue weighted by Gasteiger charge is -2.07. The number of rotatable bonds is 6. The molecule has 0 heterocycles. The van der Waals surface area contributed by atoms with Gasteiger partial charge in [0.1, 0.15) is 0 Å². The zero-order valence-electron chi connectivity index (χ0n) is 8.90. The first-order valence-electron chi connectivity index (χ1n) is 4.82. The first-order valence-corrected chi connectivity index (χ1v) is 5.61. The highest BCUT2D eigenvalue weighted by atomic mass is 79.9. The summed E-state index contributed by atoms with van der Waals surface area (Å²) in [6, 6.07) is 4.65. The Balaban J connectivity index is 2.57. The van der Waals surface area contributed by atoms with E-state index >= 15 is 0 Å². The van der Waals surface area contributed by atoms with Gasteiger partial charge >= 0.3 is 0 Å². The van der Waals surface area contributed by atoms with Crippen LogP contribution in [-0.4, -0.2) is 25.2 Å². The van der Waals surface area contributed by atoms with Crippen LogP contribution < -0.4 is 5.32 Å². The second kappa shape index (κ2) is 6.44. The quantitative estimate of drug-likeness (QED) is 0.497. The van der Waals surface area contributed by atoms with E-state index in [1.165, 1.54) is 12.1 Å². The molecule has 1 aromatic carbocycles. The smallest absolute Gasteiger partial charge is 0.270 e. The fraction of sp³-hybridized carbons (Fsp3) is 0.400. The second-order valence-electron chi connectivity index (χ2n) is 3.19. The molecule has 0 spiro atoms. The highest BCUT2D eigenvalue weighted by Gasteiger charge is 2.08. The van der Waals surface area contributed by atoms with Crippen molar-refractivity contribution in [2.24, 2.45) is 0 Å². The van der Waals surface area contributed by atoms with Crippen LogP contribution in [0.3, 0.4) is 0 Å². The monoisotopic (exact) mass is 288 g/mol. The van der Waals surface area contributed by atoms with Crippen LogP contribution in [-0.2, 0) is 4.74 Å². The van der Waals surface area contributed by atoms with Crippen molar-refractivity contribution in [3.63, 3.8) is 0 Å². The number of hydrogen-bond acceptors (Lipinski definition) is 4. The first kappa shape index (κ1) is 12.9. The van der Waals surface area contributed by atoms with Gasteiger partial charge in [0.2, 0.25) is 0 Å². The average molecular weight is 289 g/mol. The van der Waals surface area contributed by atoms with Gasteiger partial charge in [-0.15, -0.1) is 0 Å². The summed E-state index contributed by atoms with van der Waals surface area (Å²) in [7, 11) is 1.65. The maximum atomic E-state index is 10.5. The van der Waals surface area contributed by atoms with Gasteiger partial charge in [-0.2, -0.15) is 0 Å². The summed E-state index contributed by atoms with van der Waals surface area (Å²) in [6.07, 6.45) is 0.889. The van der Waals surface area contributed by atoms with Crippen LogP contribution in [0.1, 0.15) is 6.42 Å². The number of nitrogens with one attached hydrogen (secondary N) is 1. The molecule has 0 aliphatic heterocycles. The van der Waals surface area contributed by atoms with Crippen LogP contribution >= 0.6 is 15.9 Å². The Bertz CT molecular complexity index is 371. The predicted molar refractivity (Wildman–Crippen MR) is 65.8 cm³/mol. The van der Waals surface area contributed by atoms with Crippen molar-refractivity contribution < 1.29 is 9.66 Å². The molecule has 5 nitrogen and oxygen atoms in total. The minimum atomic E-state index is -0.417. The Morgan fingerprint density at radius 2 is 2.31 bits per heavy atom. The molecule has 0 amide bonds. The number of anilines is 1. The lowest BCUT2D eigenvalue weighted by molar-refractivity contribution is -0.384. The third kappa shape index (κ3) is 3.79. The second-order valence-corrected chi connectivity index (χ2v) is 4.05. The minimum absolute atomic E-state index is 0.0781. The van der Waals surface area contributed by atoms with E-state index in [1.54, 1.807) is 13.2 Å². The summed E-state index contributed by atoms with van der Waals surface area (Å²) in [6.45, 7) is 1.46. The Hall–Kier alpha value is -1.14. The number of benzene rings is 1. The van der Waals surface area contributed by atoms with E-state index < -0.39 is 4.92 Å². The van der Waals surface area contributed by atoms with Crippen molar-refractivity contribution >= 4 is 27.3 Å². The molecule has 6 heteroatoms. The van der Waals surface area contributed by atoms with Gasteiger partial charge in [-0.05, 0) is 28.4 Å². The maximum Gasteiger partial charge on any atom is 0.270 e. The Kier molecular flexibility index (Phi) is 5.21. The summed E-state index contributed by atoms with van der Waals surface area (Å²) in [5, 5.41) is 13.7. The van der Waals surface area contributed by atoms with Crippen molar-refractivity contribution in [2.75, 3.05) is 25.6 Å². The Morgan fingerprint density at radius 3 is 2.88 bits per heavy atom. The highest BCUT2D eigenvalue weighted by molar-refractivity contribution is 9.10. The van der Waals surface area contributed by atoms with E-state index in [-0.39, 0.29) is 5.69 Å². The van der Waals surface area contributed by atoms with E-state index in [2.05, 4.69) is 21.2 Å². The third-order valence-corrected chi connectivity index (χ3v) is 2.66. The number of non-ortho nitro benzene ring substituents is 1. The lowest BCUT2D eigenvalue weighted by Crippen LogP contribution is -2.05. The van der Waals surface area contributed by atoms with Crippen LogP contribution in [0.15, 0.2) is 22.7 Å². The average Bonchev–Trinajstić information content (AvgIpc) is 2.26. The van der Waals surface area contributed by atoms with Gasteiger partial charge in [-0.1, -0.05) is 0 Å². The molecule has 0 fully saturated rings. The van der Waals surface area contributed by atoms with Crippen molar-refractivity contribution in [2.45, 2.75) is 6.42 Å². The summed E-state index contributed by atoms with van der Waals surface area (Å²) >= 11 is 3.29. The molecule has 1 aromatic rings. The van der Waals surface area contributed by atoms with Crippen molar-refractivity contribution in [3.8, 4) is 0 Å². The summed E-state index contributed by atoms with van der Waals surface area (Å²) in [5.41, 5.74) is 0.927. The number of nitro benzene ring substituents is 1. The van der Waals surface area contributed by atoms with Crippen LogP contribution in [0.4, 0.5) is 11.4 Å². The van der Waals surface area contributed by atoms with E-state index in [4.69, 9.17) is 4.74 Å². The SMILES string of the molecule is COCCCNc1ccc([N+](=O)[O-])cc1Br. The Morgan fingerprint density at radius 1 is 1.56 bits per heavy atom. The molecule has 0 atom stereocenters. The Labute approximate surface area is 102 Å². The molecule has 0 aromatic heterocycles.